The molecule has 0 bridgehead atoms. The molecule has 1 aromatic rings. The molecule has 2 heterocycles. The fourth-order valence-corrected chi connectivity index (χ4v) is 5.42. The fraction of sp³-hybridized carbons (Fsp3) is 0.727. The number of nitrogens with zero attached hydrogens (tertiary/aromatic N) is 1. The first-order valence-corrected chi connectivity index (χ1v) is 9.92. The maximum atomic E-state index is 12.0. The van der Waals surface area contributed by atoms with Crippen molar-refractivity contribution in [2.24, 2.45) is 5.92 Å². The second-order valence-corrected chi connectivity index (χ2v) is 8.78. The van der Waals surface area contributed by atoms with E-state index in [4.69, 9.17) is 5.73 Å². The van der Waals surface area contributed by atoms with Crippen molar-refractivity contribution in [3.05, 3.63) is 0 Å². The molecule has 0 aliphatic carbocycles. The Morgan fingerprint density at radius 2 is 2.11 bits per heavy atom. The predicted octanol–water partition coefficient (Wildman–Crippen LogP) is 2.07. The van der Waals surface area contributed by atoms with Crippen LogP contribution in [0.2, 0.25) is 0 Å². The van der Waals surface area contributed by atoms with Crippen LogP contribution in [0.1, 0.15) is 19.8 Å². The molecule has 0 unspecified atom stereocenters. The van der Waals surface area contributed by atoms with E-state index in [9.17, 15) is 8.42 Å². The lowest BCUT2D eigenvalue weighted by molar-refractivity contribution is 0.516. The summed E-state index contributed by atoms with van der Waals surface area (Å²) in [6, 6.07) is 0. The number of hydrogen-bond donors (Lipinski definition) is 2. The Morgan fingerprint density at radius 3 is 2.74 bits per heavy atom. The molecule has 0 atom stereocenters. The molecule has 1 aliphatic heterocycles. The van der Waals surface area contributed by atoms with Crippen molar-refractivity contribution in [1.29, 1.82) is 0 Å². The van der Waals surface area contributed by atoms with Crippen LogP contribution in [0.15, 0.2) is 4.90 Å². The van der Waals surface area contributed by atoms with E-state index in [1.54, 1.807) is 6.92 Å². The molecule has 0 saturated carbocycles. The maximum Gasteiger partial charge on any atom is 0.184 e. The van der Waals surface area contributed by atoms with Gasteiger partial charge in [0.2, 0.25) is 0 Å². The van der Waals surface area contributed by atoms with Crippen LogP contribution in [-0.2, 0) is 9.84 Å². The second kappa shape index (κ2) is 6.32. The van der Waals surface area contributed by atoms with Gasteiger partial charge in [-0.15, -0.1) is 0 Å². The summed E-state index contributed by atoms with van der Waals surface area (Å²) in [7, 11) is -3.31. The quantitative estimate of drug-likeness (QED) is 0.863. The van der Waals surface area contributed by atoms with Crippen LogP contribution in [0, 0.1) is 5.92 Å². The Labute approximate surface area is 122 Å². The Morgan fingerprint density at radius 1 is 1.42 bits per heavy atom. The molecule has 0 amide bonds. The number of aromatic nitrogens is 1. The van der Waals surface area contributed by atoms with E-state index in [0.717, 1.165) is 18.1 Å². The molecule has 19 heavy (non-hydrogen) atoms. The van der Waals surface area contributed by atoms with Crippen LogP contribution >= 0.6 is 23.3 Å². The summed E-state index contributed by atoms with van der Waals surface area (Å²) in [5.74, 6) is 3.16. The third kappa shape index (κ3) is 3.55. The average Bonchev–Trinajstić information content (AvgIpc) is 2.79. The summed E-state index contributed by atoms with van der Waals surface area (Å²) < 4.78 is 28.0. The molecule has 3 N–H and O–H groups in total. The van der Waals surface area contributed by atoms with Crippen LogP contribution in [-0.4, -0.2) is 36.6 Å². The largest absolute Gasteiger partial charge is 0.382 e. The standard InChI is InChI=1S/C11H19N3O2S3/c1-2-19(15,16)9-10(12)14-18-11(9)13-7-8-3-5-17-6-4-8/h8,13H,2-7H2,1H3,(H2,12,14). The predicted molar refractivity (Wildman–Crippen MR) is 82.8 cm³/mol. The van der Waals surface area contributed by atoms with Gasteiger partial charge in [-0.05, 0) is 41.8 Å². The van der Waals surface area contributed by atoms with Gasteiger partial charge in [0.05, 0.1) is 5.75 Å². The summed E-state index contributed by atoms with van der Waals surface area (Å²) >= 11 is 3.12. The van der Waals surface area contributed by atoms with Gasteiger partial charge in [0.15, 0.2) is 15.7 Å². The molecular weight excluding hydrogens is 302 g/mol. The number of nitrogen functional groups attached to an aromatic ring is 1. The van der Waals surface area contributed by atoms with Gasteiger partial charge >= 0.3 is 0 Å². The lowest BCUT2D eigenvalue weighted by atomic mass is 10.0. The molecular formula is C11H19N3O2S3. The van der Waals surface area contributed by atoms with E-state index in [-0.39, 0.29) is 16.5 Å². The summed E-state index contributed by atoms with van der Waals surface area (Å²) in [6.07, 6.45) is 2.36. The summed E-state index contributed by atoms with van der Waals surface area (Å²) in [4.78, 5) is 0.185. The van der Waals surface area contributed by atoms with Crippen molar-refractivity contribution in [2.45, 2.75) is 24.7 Å². The van der Waals surface area contributed by atoms with Crippen molar-refractivity contribution in [3.8, 4) is 0 Å². The molecule has 0 spiro atoms. The fourth-order valence-electron chi connectivity index (χ4n) is 2.04. The average molecular weight is 321 g/mol. The van der Waals surface area contributed by atoms with Crippen molar-refractivity contribution in [1.82, 2.24) is 4.37 Å². The van der Waals surface area contributed by atoms with Crippen molar-refractivity contribution >= 4 is 44.0 Å². The highest BCUT2D eigenvalue weighted by Crippen LogP contribution is 2.33. The van der Waals surface area contributed by atoms with Crippen molar-refractivity contribution < 1.29 is 8.42 Å². The van der Waals surface area contributed by atoms with Crippen molar-refractivity contribution in [2.75, 3.05) is 34.9 Å². The topological polar surface area (TPSA) is 85.1 Å². The minimum absolute atomic E-state index is 0.0460. The first-order chi connectivity index (χ1) is 9.04. The second-order valence-electron chi connectivity index (χ2n) is 4.57. The van der Waals surface area contributed by atoms with Crippen LogP contribution in [0.3, 0.4) is 0 Å². The van der Waals surface area contributed by atoms with Crippen LogP contribution < -0.4 is 11.1 Å². The van der Waals surface area contributed by atoms with E-state index in [0.29, 0.717) is 10.9 Å². The van der Waals surface area contributed by atoms with Crippen LogP contribution in [0.25, 0.3) is 0 Å². The first kappa shape index (κ1) is 14.9. The number of rotatable bonds is 5. The number of thioether (sulfide) groups is 1. The molecule has 1 aliphatic rings. The minimum atomic E-state index is -3.31. The lowest BCUT2D eigenvalue weighted by Crippen LogP contribution is -2.19. The molecule has 5 nitrogen and oxygen atoms in total. The van der Waals surface area contributed by atoms with E-state index in [2.05, 4.69) is 9.69 Å². The SMILES string of the molecule is CCS(=O)(=O)c1c(N)nsc1NCC1CCSCC1. The van der Waals surface area contributed by atoms with Gasteiger partial charge in [-0.3, -0.25) is 0 Å². The third-order valence-electron chi connectivity index (χ3n) is 3.26. The molecule has 1 saturated heterocycles. The zero-order chi connectivity index (χ0) is 13.9. The molecule has 2 rings (SSSR count). The highest BCUT2D eigenvalue weighted by atomic mass is 32.2. The van der Waals surface area contributed by atoms with Gasteiger partial charge in [0, 0.05) is 6.54 Å². The highest BCUT2D eigenvalue weighted by molar-refractivity contribution is 7.99. The van der Waals surface area contributed by atoms with Gasteiger partial charge in [-0.2, -0.15) is 16.1 Å². The Balaban J connectivity index is 2.08. The number of nitrogens with two attached hydrogens (primary N) is 1. The zero-order valence-corrected chi connectivity index (χ0v) is 13.3. The summed E-state index contributed by atoms with van der Waals surface area (Å²) in [5, 5.41) is 3.83. The lowest BCUT2D eigenvalue weighted by Gasteiger charge is -2.21. The summed E-state index contributed by atoms with van der Waals surface area (Å²) in [6.45, 7) is 2.42. The van der Waals surface area contributed by atoms with E-state index < -0.39 is 9.84 Å². The van der Waals surface area contributed by atoms with Gasteiger partial charge in [0.25, 0.3) is 0 Å². The highest BCUT2D eigenvalue weighted by Gasteiger charge is 2.24. The number of sulfone groups is 1. The van der Waals surface area contributed by atoms with Crippen LogP contribution in [0.5, 0.6) is 0 Å². The van der Waals surface area contributed by atoms with Gasteiger partial charge < -0.3 is 11.1 Å². The smallest absolute Gasteiger partial charge is 0.184 e. The molecule has 0 aromatic carbocycles. The van der Waals surface area contributed by atoms with Crippen molar-refractivity contribution in [3.63, 3.8) is 0 Å². The van der Waals surface area contributed by atoms with Gasteiger partial charge in [0.1, 0.15) is 9.90 Å². The Bertz CT molecular complexity index is 521. The minimum Gasteiger partial charge on any atom is -0.382 e. The van der Waals surface area contributed by atoms with E-state index in [1.807, 2.05) is 11.8 Å². The van der Waals surface area contributed by atoms with E-state index >= 15 is 0 Å². The number of nitrogens with one attached hydrogen (secondary N) is 1. The normalized spacial score (nSPS) is 17.5. The Hall–Kier alpha value is -0.470. The van der Waals surface area contributed by atoms with Crippen LogP contribution in [0.4, 0.5) is 10.8 Å². The third-order valence-corrected chi connectivity index (χ3v) is 7.05. The number of hydrogen-bond acceptors (Lipinski definition) is 7. The molecule has 108 valence electrons. The molecule has 1 fully saturated rings. The maximum absolute atomic E-state index is 12.0. The van der Waals surface area contributed by atoms with E-state index in [1.165, 1.54) is 24.3 Å². The monoisotopic (exact) mass is 321 g/mol. The first-order valence-electron chi connectivity index (χ1n) is 6.34. The molecule has 8 heteroatoms. The van der Waals surface area contributed by atoms with Gasteiger partial charge in [-0.25, -0.2) is 8.42 Å². The Kier molecular flexibility index (Phi) is 4.97. The molecule has 1 aromatic heterocycles. The zero-order valence-electron chi connectivity index (χ0n) is 10.9. The summed E-state index contributed by atoms with van der Waals surface area (Å²) in [5.41, 5.74) is 5.69. The number of anilines is 2. The molecule has 0 radical (unpaired) electrons. The van der Waals surface area contributed by atoms with Gasteiger partial charge in [-0.1, -0.05) is 6.92 Å².